The molecule has 2 heterocycles. The van der Waals surface area contributed by atoms with Crippen LogP contribution >= 0.6 is 11.3 Å². The molecule has 0 aromatic carbocycles. The van der Waals surface area contributed by atoms with Crippen LogP contribution in [0.1, 0.15) is 36.4 Å². The van der Waals surface area contributed by atoms with Gasteiger partial charge >= 0.3 is 5.97 Å². The van der Waals surface area contributed by atoms with Gasteiger partial charge in [0, 0.05) is 28.9 Å². The van der Waals surface area contributed by atoms with Gasteiger partial charge in [0.2, 0.25) is 0 Å². The smallest absolute Gasteiger partial charge is 0.328 e. The van der Waals surface area contributed by atoms with Crippen LogP contribution in [0.5, 0.6) is 0 Å². The number of piperidine rings is 1. The molecular weight excluding hydrogens is 258 g/mol. The van der Waals surface area contributed by atoms with Gasteiger partial charge in [-0.1, -0.05) is 13.8 Å². The van der Waals surface area contributed by atoms with E-state index in [0.717, 1.165) is 18.0 Å². The minimum absolute atomic E-state index is 0.418. The topological polar surface area (TPSA) is 40.5 Å². The third-order valence-electron chi connectivity index (χ3n) is 3.43. The molecule has 0 atom stereocenters. The normalized spacial score (nSPS) is 19.9. The first kappa shape index (κ1) is 14.3. The molecule has 0 amide bonds. The second-order valence-electron chi connectivity index (χ2n) is 5.95. The Morgan fingerprint density at radius 1 is 1.53 bits per heavy atom. The summed E-state index contributed by atoms with van der Waals surface area (Å²) < 4.78 is 0. The zero-order valence-corrected chi connectivity index (χ0v) is 12.4. The average molecular weight is 279 g/mol. The summed E-state index contributed by atoms with van der Waals surface area (Å²) in [6, 6.07) is 4.10. The second-order valence-corrected chi connectivity index (χ2v) is 7.15. The molecule has 3 nitrogen and oxygen atoms in total. The maximum Gasteiger partial charge on any atom is 0.328 e. The molecule has 0 saturated carbocycles. The zero-order valence-electron chi connectivity index (χ0n) is 11.6. The van der Waals surface area contributed by atoms with E-state index in [4.69, 9.17) is 5.11 Å². The highest BCUT2D eigenvalue weighted by Gasteiger charge is 2.26. The fraction of sp³-hybridized carbons (Fsp3) is 0.533. The van der Waals surface area contributed by atoms with Gasteiger partial charge in [-0.2, -0.15) is 0 Å². The van der Waals surface area contributed by atoms with Crippen LogP contribution in [0.2, 0.25) is 0 Å². The summed E-state index contributed by atoms with van der Waals surface area (Å²) >= 11 is 1.68. The summed E-state index contributed by atoms with van der Waals surface area (Å²) in [5, 5.41) is 8.61. The van der Waals surface area contributed by atoms with Crippen molar-refractivity contribution in [3.63, 3.8) is 0 Å². The van der Waals surface area contributed by atoms with E-state index in [2.05, 4.69) is 24.8 Å². The SMILES string of the molecule is CC1(C)CCCN(Cc2ccc(C=CC(=O)O)s2)C1. The Balaban J connectivity index is 1.94. The van der Waals surface area contributed by atoms with Crippen LogP contribution in [-0.4, -0.2) is 29.1 Å². The predicted octanol–water partition coefficient (Wildman–Crippen LogP) is 3.47. The first-order valence-corrected chi connectivity index (χ1v) is 7.48. The third-order valence-corrected chi connectivity index (χ3v) is 4.47. The van der Waals surface area contributed by atoms with Gasteiger partial charge in [-0.15, -0.1) is 11.3 Å². The lowest BCUT2D eigenvalue weighted by atomic mass is 9.84. The van der Waals surface area contributed by atoms with Crippen LogP contribution in [-0.2, 0) is 11.3 Å². The number of hydrogen-bond acceptors (Lipinski definition) is 3. The van der Waals surface area contributed by atoms with Crippen molar-refractivity contribution in [3.8, 4) is 0 Å². The van der Waals surface area contributed by atoms with Crippen molar-refractivity contribution in [2.45, 2.75) is 33.2 Å². The van der Waals surface area contributed by atoms with Gasteiger partial charge in [0.15, 0.2) is 0 Å². The molecule has 1 aliphatic rings. The van der Waals surface area contributed by atoms with Crippen molar-refractivity contribution in [2.75, 3.05) is 13.1 Å². The Hall–Kier alpha value is -1.13. The van der Waals surface area contributed by atoms with Crippen LogP contribution in [0.4, 0.5) is 0 Å². The molecule has 0 aliphatic carbocycles. The predicted molar refractivity (Wildman–Crippen MR) is 79.3 cm³/mol. The Morgan fingerprint density at radius 2 is 2.32 bits per heavy atom. The summed E-state index contributed by atoms with van der Waals surface area (Å²) in [7, 11) is 0. The lowest BCUT2D eigenvalue weighted by Gasteiger charge is -2.37. The number of likely N-dealkylation sites (tertiary alicyclic amines) is 1. The van der Waals surface area contributed by atoms with Crippen LogP contribution in [0.3, 0.4) is 0 Å². The van der Waals surface area contributed by atoms with Gasteiger partial charge in [-0.25, -0.2) is 4.79 Å². The average Bonchev–Trinajstić information content (AvgIpc) is 2.73. The van der Waals surface area contributed by atoms with E-state index in [-0.39, 0.29) is 0 Å². The maximum absolute atomic E-state index is 10.5. The second kappa shape index (κ2) is 5.88. The molecule has 0 spiro atoms. The highest BCUT2D eigenvalue weighted by atomic mass is 32.1. The molecule has 0 bridgehead atoms. The molecule has 19 heavy (non-hydrogen) atoms. The van der Waals surface area contributed by atoms with Crippen molar-refractivity contribution in [1.82, 2.24) is 4.90 Å². The lowest BCUT2D eigenvalue weighted by Crippen LogP contribution is -2.39. The molecular formula is C15H21NO2S. The monoisotopic (exact) mass is 279 g/mol. The Kier molecular flexibility index (Phi) is 4.42. The Morgan fingerprint density at radius 3 is 3.00 bits per heavy atom. The fourth-order valence-corrected chi connectivity index (χ4v) is 3.58. The number of thiophene rings is 1. The van der Waals surface area contributed by atoms with Gasteiger partial charge in [-0.05, 0) is 43.0 Å². The number of nitrogens with zero attached hydrogens (tertiary/aromatic N) is 1. The van der Waals surface area contributed by atoms with E-state index >= 15 is 0 Å². The molecule has 1 aromatic heterocycles. The molecule has 0 radical (unpaired) electrons. The number of rotatable bonds is 4. The number of carbonyl (C=O) groups is 1. The molecule has 1 fully saturated rings. The summed E-state index contributed by atoms with van der Waals surface area (Å²) in [5.41, 5.74) is 0.418. The molecule has 2 rings (SSSR count). The largest absolute Gasteiger partial charge is 0.478 e. The van der Waals surface area contributed by atoms with Crippen LogP contribution in [0, 0.1) is 5.41 Å². The fourth-order valence-electron chi connectivity index (χ4n) is 2.62. The number of hydrogen-bond donors (Lipinski definition) is 1. The molecule has 1 aliphatic heterocycles. The van der Waals surface area contributed by atoms with Gasteiger partial charge in [0.05, 0.1) is 0 Å². The summed E-state index contributed by atoms with van der Waals surface area (Å²) in [5.74, 6) is -0.896. The zero-order chi connectivity index (χ0) is 13.9. The quantitative estimate of drug-likeness (QED) is 0.858. The standard InChI is InChI=1S/C15H21NO2S/c1-15(2)8-3-9-16(11-15)10-13-5-4-12(19-13)6-7-14(17)18/h4-7H,3,8-11H2,1-2H3,(H,17,18). The Bertz CT molecular complexity index is 476. The lowest BCUT2D eigenvalue weighted by molar-refractivity contribution is -0.131. The first-order valence-electron chi connectivity index (χ1n) is 6.67. The van der Waals surface area contributed by atoms with Crippen LogP contribution in [0.15, 0.2) is 18.2 Å². The van der Waals surface area contributed by atoms with Gasteiger partial charge in [0.1, 0.15) is 0 Å². The molecule has 1 N–H and O–H groups in total. The minimum atomic E-state index is -0.896. The molecule has 1 aromatic rings. The van der Waals surface area contributed by atoms with Crippen molar-refractivity contribution < 1.29 is 9.90 Å². The van der Waals surface area contributed by atoms with E-state index in [1.807, 2.05) is 6.07 Å². The maximum atomic E-state index is 10.5. The first-order chi connectivity index (χ1) is 8.94. The Labute approximate surface area is 118 Å². The van der Waals surface area contributed by atoms with E-state index < -0.39 is 5.97 Å². The molecule has 0 unspecified atom stereocenters. The summed E-state index contributed by atoms with van der Waals surface area (Å²) in [4.78, 5) is 15.3. The highest BCUT2D eigenvalue weighted by Crippen LogP contribution is 2.30. The third kappa shape index (κ3) is 4.48. The van der Waals surface area contributed by atoms with Gasteiger partial charge < -0.3 is 5.11 Å². The van der Waals surface area contributed by atoms with E-state index in [1.165, 1.54) is 30.3 Å². The summed E-state index contributed by atoms with van der Waals surface area (Å²) in [6.07, 6.45) is 5.43. The van der Waals surface area contributed by atoms with Gasteiger partial charge in [-0.3, -0.25) is 4.90 Å². The number of aliphatic carboxylic acids is 1. The molecule has 104 valence electrons. The minimum Gasteiger partial charge on any atom is -0.478 e. The molecule has 1 saturated heterocycles. The summed E-state index contributed by atoms with van der Waals surface area (Å²) in [6.45, 7) is 7.95. The van der Waals surface area contributed by atoms with E-state index in [1.54, 1.807) is 17.4 Å². The van der Waals surface area contributed by atoms with Crippen molar-refractivity contribution in [2.24, 2.45) is 5.41 Å². The highest BCUT2D eigenvalue weighted by molar-refractivity contribution is 7.12. The van der Waals surface area contributed by atoms with Crippen molar-refractivity contribution >= 4 is 23.4 Å². The van der Waals surface area contributed by atoms with Gasteiger partial charge in [0.25, 0.3) is 0 Å². The van der Waals surface area contributed by atoms with Crippen LogP contribution in [0.25, 0.3) is 6.08 Å². The number of carboxylic acid groups (broad SMARTS) is 1. The van der Waals surface area contributed by atoms with E-state index in [9.17, 15) is 4.79 Å². The van der Waals surface area contributed by atoms with E-state index in [0.29, 0.717) is 5.41 Å². The molecule has 4 heteroatoms. The van der Waals surface area contributed by atoms with Crippen molar-refractivity contribution in [3.05, 3.63) is 28.0 Å². The van der Waals surface area contributed by atoms with Crippen LogP contribution < -0.4 is 0 Å². The van der Waals surface area contributed by atoms with Crippen molar-refractivity contribution in [1.29, 1.82) is 0 Å². The number of carboxylic acids is 1.